The fourth-order valence-corrected chi connectivity index (χ4v) is 3.96. The molecule has 0 spiro atoms. The van der Waals surface area contributed by atoms with Gasteiger partial charge in [0.05, 0.1) is 11.4 Å². The van der Waals surface area contributed by atoms with Crippen LogP contribution in [0, 0.1) is 0 Å². The van der Waals surface area contributed by atoms with Crippen molar-refractivity contribution in [1.29, 1.82) is 0 Å². The van der Waals surface area contributed by atoms with Gasteiger partial charge >= 0.3 is 0 Å². The lowest BCUT2D eigenvalue weighted by Crippen LogP contribution is -2.56. The molecule has 1 N–H and O–H groups in total. The number of hydrogen-bond acceptors (Lipinski definition) is 4. The van der Waals surface area contributed by atoms with Crippen LogP contribution in [0.2, 0.25) is 0 Å². The standard InChI is InChI=1S/C11H18N2O2S.C2H6/c1-3-12-8-4-5-10-13(11(8)15)9(6-16-10)7(2)14;1-2/h8-10,12H,3-6H2,1-2H3;1-2H3. The van der Waals surface area contributed by atoms with E-state index in [0.29, 0.717) is 0 Å². The van der Waals surface area contributed by atoms with Gasteiger partial charge in [-0.15, -0.1) is 11.8 Å². The summed E-state index contributed by atoms with van der Waals surface area (Å²) in [5.41, 5.74) is 0. The average molecular weight is 272 g/mol. The van der Waals surface area contributed by atoms with Gasteiger partial charge in [0.15, 0.2) is 5.78 Å². The number of hydrogen-bond donors (Lipinski definition) is 1. The van der Waals surface area contributed by atoms with Gasteiger partial charge in [0.25, 0.3) is 0 Å². The fourth-order valence-electron chi connectivity index (χ4n) is 2.44. The number of carbonyl (C=O) groups is 2. The molecule has 18 heavy (non-hydrogen) atoms. The number of rotatable bonds is 3. The molecule has 2 rings (SSSR count). The lowest BCUT2D eigenvalue weighted by atomic mass is 10.0. The minimum absolute atomic E-state index is 0.0817. The van der Waals surface area contributed by atoms with Crippen molar-refractivity contribution in [2.24, 2.45) is 0 Å². The molecule has 0 radical (unpaired) electrons. The molecule has 0 aliphatic carbocycles. The second kappa shape index (κ2) is 7.14. The lowest BCUT2D eigenvalue weighted by Gasteiger charge is -2.36. The zero-order valence-corrected chi connectivity index (χ0v) is 12.5. The molecule has 0 saturated carbocycles. The third-order valence-corrected chi connectivity index (χ3v) is 4.62. The Hall–Kier alpha value is -0.550. The summed E-state index contributed by atoms with van der Waals surface area (Å²) in [6.45, 7) is 8.38. The van der Waals surface area contributed by atoms with Gasteiger partial charge in [-0.25, -0.2) is 0 Å². The fraction of sp³-hybridized carbons (Fsp3) is 0.846. The molecule has 2 heterocycles. The first-order chi connectivity index (χ1) is 8.65. The van der Waals surface area contributed by atoms with Crippen LogP contribution in [0.1, 0.15) is 40.5 Å². The largest absolute Gasteiger partial charge is 0.318 e. The van der Waals surface area contributed by atoms with Crippen LogP contribution >= 0.6 is 11.8 Å². The van der Waals surface area contributed by atoms with E-state index in [4.69, 9.17) is 0 Å². The molecule has 0 aromatic rings. The van der Waals surface area contributed by atoms with Gasteiger partial charge in [-0.05, 0) is 26.3 Å². The van der Waals surface area contributed by atoms with Gasteiger partial charge in [-0.3, -0.25) is 9.59 Å². The van der Waals surface area contributed by atoms with Crippen LogP contribution in [0.15, 0.2) is 0 Å². The first-order valence-corrected chi connectivity index (χ1v) is 7.87. The maximum absolute atomic E-state index is 12.2. The van der Waals surface area contributed by atoms with Crippen molar-refractivity contribution in [2.75, 3.05) is 12.3 Å². The number of Topliss-reactive ketones (excluding diaryl/α,β-unsaturated/α-hetero) is 1. The Kier molecular flexibility index (Phi) is 6.15. The van der Waals surface area contributed by atoms with E-state index in [1.54, 1.807) is 18.7 Å². The van der Waals surface area contributed by atoms with E-state index in [9.17, 15) is 9.59 Å². The molecule has 1 amide bonds. The summed E-state index contributed by atoms with van der Waals surface area (Å²) in [7, 11) is 0. The summed E-state index contributed by atoms with van der Waals surface area (Å²) < 4.78 is 0. The molecule has 3 atom stereocenters. The second-order valence-corrected chi connectivity index (χ2v) is 5.56. The van der Waals surface area contributed by atoms with E-state index < -0.39 is 0 Å². The Morgan fingerprint density at radius 1 is 1.44 bits per heavy atom. The molecule has 2 aliphatic heterocycles. The number of fused-ring (bicyclic) bond motifs is 1. The molecule has 3 unspecified atom stereocenters. The van der Waals surface area contributed by atoms with E-state index in [1.165, 1.54) is 0 Å². The third-order valence-electron chi connectivity index (χ3n) is 3.27. The minimum Gasteiger partial charge on any atom is -0.318 e. The van der Waals surface area contributed by atoms with Crippen LogP contribution in [-0.2, 0) is 9.59 Å². The number of amides is 1. The van der Waals surface area contributed by atoms with Gasteiger partial charge in [0.2, 0.25) is 5.91 Å². The molecule has 2 fully saturated rings. The molecular weight excluding hydrogens is 248 g/mol. The zero-order chi connectivity index (χ0) is 13.7. The summed E-state index contributed by atoms with van der Waals surface area (Å²) in [6.07, 6.45) is 1.89. The van der Waals surface area contributed by atoms with Gasteiger partial charge in [0.1, 0.15) is 6.04 Å². The van der Waals surface area contributed by atoms with Crippen LogP contribution in [-0.4, -0.2) is 46.3 Å². The quantitative estimate of drug-likeness (QED) is 0.848. The molecule has 5 heteroatoms. The average Bonchev–Trinajstić information content (AvgIpc) is 2.80. The molecule has 0 aromatic heterocycles. The van der Waals surface area contributed by atoms with E-state index >= 15 is 0 Å². The van der Waals surface area contributed by atoms with Crippen LogP contribution in [0.5, 0.6) is 0 Å². The van der Waals surface area contributed by atoms with Crippen molar-refractivity contribution in [2.45, 2.75) is 58.0 Å². The number of piperidine rings is 1. The van der Waals surface area contributed by atoms with Crippen molar-refractivity contribution in [3.8, 4) is 0 Å². The van der Waals surface area contributed by atoms with Gasteiger partial charge in [-0.1, -0.05) is 20.8 Å². The predicted octanol–water partition coefficient (Wildman–Crippen LogP) is 1.64. The summed E-state index contributed by atoms with van der Waals surface area (Å²) in [5, 5.41) is 3.43. The monoisotopic (exact) mass is 272 g/mol. The van der Waals surface area contributed by atoms with Crippen molar-refractivity contribution >= 4 is 23.5 Å². The van der Waals surface area contributed by atoms with Gasteiger partial charge in [-0.2, -0.15) is 0 Å². The molecular formula is C13H24N2O2S. The van der Waals surface area contributed by atoms with Crippen molar-refractivity contribution in [3.63, 3.8) is 0 Å². The highest BCUT2D eigenvalue weighted by atomic mass is 32.2. The van der Waals surface area contributed by atoms with E-state index in [0.717, 1.165) is 25.1 Å². The van der Waals surface area contributed by atoms with Crippen molar-refractivity contribution in [1.82, 2.24) is 10.2 Å². The summed E-state index contributed by atoms with van der Waals surface area (Å²) in [4.78, 5) is 25.5. The number of ketones is 1. The predicted molar refractivity (Wildman–Crippen MR) is 75.6 cm³/mol. The Balaban J connectivity index is 0.000000771. The van der Waals surface area contributed by atoms with Crippen LogP contribution in [0.4, 0.5) is 0 Å². The van der Waals surface area contributed by atoms with Gasteiger partial charge < -0.3 is 10.2 Å². The molecule has 0 bridgehead atoms. The topological polar surface area (TPSA) is 49.4 Å². The van der Waals surface area contributed by atoms with Gasteiger partial charge in [0, 0.05) is 5.75 Å². The Morgan fingerprint density at radius 3 is 2.67 bits per heavy atom. The Morgan fingerprint density at radius 2 is 2.11 bits per heavy atom. The Labute approximate surface area is 114 Å². The zero-order valence-electron chi connectivity index (χ0n) is 11.7. The molecule has 4 nitrogen and oxygen atoms in total. The highest BCUT2D eigenvalue weighted by Crippen LogP contribution is 2.36. The van der Waals surface area contributed by atoms with Crippen LogP contribution < -0.4 is 5.32 Å². The summed E-state index contributed by atoms with van der Waals surface area (Å²) in [6, 6.07) is -0.272. The second-order valence-electron chi connectivity index (χ2n) is 4.35. The first kappa shape index (κ1) is 15.5. The molecule has 2 saturated heterocycles. The van der Waals surface area contributed by atoms with E-state index in [2.05, 4.69) is 5.32 Å². The molecule has 104 valence electrons. The number of thioether (sulfide) groups is 1. The summed E-state index contributed by atoms with van der Waals surface area (Å²) >= 11 is 1.74. The number of nitrogens with one attached hydrogen (secondary N) is 1. The molecule has 2 aliphatic rings. The van der Waals surface area contributed by atoms with E-state index in [1.807, 2.05) is 25.7 Å². The summed E-state index contributed by atoms with van der Waals surface area (Å²) in [5.74, 6) is 0.994. The SMILES string of the molecule is CC.CCNC1CCC2SCC(C(C)=O)N2C1=O. The lowest BCUT2D eigenvalue weighted by molar-refractivity contribution is -0.142. The molecule has 0 aromatic carbocycles. The smallest absolute Gasteiger partial charge is 0.241 e. The highest BCUT2D eigenvalue weighted by molar-refractivity contribution is 8.00. The van der Waals surface area contributed by atoms with E-state index in [-0.39, 0.29) is 29.1 Å². The number of carbonyl (C=O) groups excluding carboxylic acids is 2. The van der Waals surface area contributed by atoms with Crippen molar-refractivity contribution < 1.29 is 9.59 Å². The van der Waals surface area contributed by atoms with Crippen molar-refractivity contribution in [3.05, 3.63) is 0 Å². The maximum atomic E-state index is 12.2. The van der Waals surface area contributed by atoms with Crippen LogP contribution in [0.25, 0.3) is 0 Å². The maximum Gasteiger partial charge on any atom is 0.241 e. The number of likely N-dealkylation sites (N-methyl/N-ethyl adjacent to an activating group) is 1. The first-order valence-electron chi connectivity index (χ1n) is 6.82. The third kappa shape index (κ3) is 3.06. The number of nitrogens with zero attached hydrogens (tertiary/aromatic N) is 1. The normalized spacial score (nSPS) is 30.6. The minimum atomic E-state index is -0.191. The highest BCUT2D eigenvalue weighted by Gasteiger charge is 2.45. The van der Waals surface area contributed by atoms with Crippen LogP contribution in [0.3, 0.4) is 0 Å². The Bertz CT molecular complexity index is 309.